The standard InChI is InChI=1S/C34H45N5O8/c1-5-23-13-14-34(23,30(42)43)37-28(40)26-16-24(47-32(45)38-17-22-12-9-15-35-25(22)19-38)18-39(26)29(41)27(21-10-7-6-8-11-21)36-31(44)46-20-33(2,3)4/h5,9,12-15,21,23-24,26-27H,1,6-8,10-11,16-20H2,2-4H3,(H,36,44)(H,37,40)(H,42,43)/t23-,24-,26+,27+,34-/m1/s1. The summed E-state index contributed by atoms with van der Waals surface area (Å²) in [5, 5.41) is 15.5. The molecule has 0 spiro atoms. The lowest BCUT2D eigenvalue weighted by Gasteiger charge is -2.40. The molecule has 3 heterocycles. The van der Waals surface area contributed by atoms with Gasteiger partial charge in [0.25, 0.3) is 0 Å². The number of carboxylic acid groups (broad SMARTS) is 1. The molecular formula is C34H45N5O8. The maximum Gasteiger partial charge on any atom is 0.410 e. The molecule has 0 radical (unpaired) electrons. The van der Waals surface area contributed by atoms with E-state index in [2.05, 4.69) is 22.2 Å². The van der Waals surface area contributed by atoms with Gasteiger partial charge in [0.1, 0.15) is 18.2 Å². The van der Waals surface area contributed by atoms with Crippen molar-refractivity contribution in [3.63, 3.8) is 0 Å². The van der Waals surface area contributed by atoms with Gasteiger partial charge in [-0.2, -0.15) is 0 Å². The highest BCUT2D eigenvalue weighted by molar-refractivity contribution is 5.96. The second kappa shape index (κ2) is 13.7. The Labute approximate surface area is 274 Å². The first-order valence-electron chi connectivity index (χ1n) is 16.3. The van der Waals surface area contributed by atoms with Gasteiger partial charge >= 0.3 is 18.2 Å². The minimum Gasteiger partial charge on any atom is -0.479 e. The second-order valence-electron chi connectivity index (χ2n) is 14.2. The molecule has 0 aromatic carbocycles. The molecule has 5 atom stereocenters. The number of pyridine rings is 1. The molecular weight excluding hydrogens is 606 g/mol. The van der Waals surface area contributed by atoms with E-state index in [0.29, 0.717) is 19.4 Å². The zero-order valence-corrected chi connectivity index (χ0v) is 27.3. The molecule has 0 bridgehead atoms. The van der Waals surface area contributed by atoms with Crippen LogP contribution in [0.2, 0.25) is 0 Å². The van der Waals surface area contributed by atoms with Crippen molar-refractivity contribution in [3.05, 3.63) is 54.4 Å². The van der Waals surface area contributed by atoms with Crippen LogP contribution in [0.1, 0.15) is 70.6 Å². The molecule has 5 rings (SSSR count). The Kier molecular flexibility index (Phi) is 9.92. The van der Waals surface area contributed by atoms with E-state index < -0.39 is 59.6 Å². The predicted molar refractivity (Wildman–Crippen MR) is 170 cm³/mol. The molecule has 4 amide bonds. The van der Waals surface area contributed by atoms with Crippen molar-refractivity contribution in [1.82, 2.24) is 25.4 Å². The van der Waals surface area contributed by atoms with Gasteiger partial charge in [0, 0.05) is 18.5 Å². The molecule has 2 aliphatic carbocycles. The number of amides is 4. The molecule has 47 heavy (non-hydrogen) atoms. The molecule has 2 fully saturated rings. The number of aliphatic carboxylic acids is 1. The number of carboxylic acids is 1. The molecule has 13 heteroatoms. The minimum absolute atomic E-state index is 0.0492. The van der Waals surface area contributed by atoms with Crippen molar-refractivity contribution in [2.24, 2.45) is 17.3 Å². The summed E-state index contributed by atoms with van der Waals surface area (Å²) in [7, 11) is 0. The van der Waals surface area contributed by atoms with Crippen LogP contribution in [-0.4, -0.2) is 86.7 Å². The second-order valence-corrected chi connectivity index (χ2v) is 14.2. The van der Waals surface area contributed by atoms with Crippen LogP contribution in [0.5, 0.6) is 0 Å². The van der Waals surface area contributed by atoms with Gasteiger partial charge in [0.05, 0.1) is 31.9 Å². The van der Waals surface area contributed by atoms with E-state index in [1.807, 2.05) is 26.8 Å². The van der Waals surface area contributed by atoms with Gasteiger partial charge in [-0.05, 0) is 35.8 Å². The molecule has 1 aromatic rings. The summed E-state index contributed by atoms with van der Waals surface area (Å²) in [6.07, 6.45) is 8.07. The van der Waals surface area contributed by atoms with Crippen molar-refractivity contribution in [1.29, 1.82) is 0 Å². The fraction of sp³-hybridized carbons (Fsp3) is 0.588. The van der Waals surface area contributed by atoms with E-state index in [0.717, 1.165) is 30.5 Å². The summed E-state index contributed by atoms with van der Waals surface area (Å²) in [6, 6.07) is 1.54. The topological polar surface area (TPSA) is 167 Å². The van der Waals surface area contributed by atoms with Gasteiger partial charge in [-0.25, -0.2) is 14.4 Å². The third-order valence-corrected chi connectivity index (χ3v) is 9.39. The lowest BCUT2D eigenvalue weighted by molar-refractivity contribution is -0.149. The van der Waals surface area contributed by atoms with Crippen LogP contribution in [0.25, 0.3) is 0 Å². The molecule has 4 aliphatic rings. The number of fused-ring (bicyclic) bond motifs is 1. The highest BCUT2D eigenvalue weighted by Gasteiger charge is 2.52. The zero-order valence-electron chi connectivity index (χ0n) is 27.3. The Balaban J connectivity index is 1.37. The van der Waals surface area contributed by atoms with E-state index in [9.17, 15) is 29.1 Å². The van der Waals surface area contributed by atoms with Gasteiger partial charge in [-0.15, -0.1) is 6.58 Å². The van der Waals surface area contributed by atoms with Crippen LogP contribution in [0, 0.1) is 17.3 Å². The summed E-state index contributed by atoms with van der Waals surface area (Å²) in [5.41, 5.74) is -0.319. The number of nitrogens with zero attached hydrogens (tertiary/aromatic N) is 3. The molecule has 13 nitrogen and oxygen atoms in total. The van der Waals surface area contributed by atoms with Crippen LogP contribution >= 0.6 is 0 Å². The zero-order chi connectivity index (χ0) is 33.9. The highest BCUT2D eigenvalue weighted by atomic mass is 16.6. The fourth-order valence-electron chi connectivity index (χ4n) is 6.74. The Morgan fingerprint density at radius 2 is 1.91 bits per heavy atom. The first kappa shape index (κ1) is 33.9. The smallest absolute Gasteiger partial charge is 0.410 e. The SMILES string of the molecule is C=C[C@@H]1C=C[C@]1(NC(=O)[C@@H]1C[C@@H](OC(=O)N2Cc3cccnc3C2)CN1C(=O)[C@@H](NC(=O)OCC(C)(C)C)C1CCCCC1)C(=O)O. The Hall–Kier alpha value is -4.42. The minimum atomic E-state index is -1.71. The number of alkyl carbamates (subject to hydrolysis) is 1. The first-order chi connectivity index (χ1) is 22.3. The lowest BCUT2D eigenvalue weighted by atomic mass is 9.74. The average molecular weight is 652 g/mol. The average Bonchev–Trinajstić information content (AvgIpc) is 3.65. The predicted octanol–water partition coefficient (Wildman–Crippen LogP) is 3.54. The molecule has 3 N–H and O–H groups in total. The summed E-state index contributed by atoms with van der Waals surface area (Å²) >= 11 is 0. The Morgan fingerprint density at radius 1 is 1.17 bits per heavy atom. The van der Waals surface area contributed by atoms with Crippen molar-refractivity contribution in [2.75, 3.05) is 13.2 Å². The van der Waals surface area contributed by atoms with Gasteiger partial charge in [-0.1, -0.05) is 64.3 Å². The van der Waals surface area contributed by atoms with Crippen LogP contribution in [0.4, 0.5) is 9.59 Å². The number of likely N-dealkylation sites (tertiary alicyclic amines) is 1. The third kappa shape index (κ3) is 7.44. The van der Waals surface area contributed by atoms with Gasteiger partial charge < -0.3 is 30.1 Å². The largest absolute Gasteiger partial charge is 0.479 e. The fourth-order valence-corrected chi connectivity index (χ4v) is 6.74. The number of carbonyl (C=O) groups excluding carboxylic acids is 4. The van der Waals surface area contributed by atoms with E-state index in [4.69, 9.17) is 9.47 Å². The monoisotopic (exact) mass is 651 g/mol. The quantitative estimate of drug-likeness (QED) is 0.339. The summed E-state index contributed by atoms with van der Waals surface area (Å²) in [4.78, 5) is 74.0. The Morgan fingerprint density at radius 3 is 2.53 bits per heavy atom. The molecule has 254 valence electrons. The maximum atomic E-state index is 14.4. The van der Waals surface area contributed by atoms with E-state index in [-0.39, 0.29) is 37.5 Å². The van der Waals surface area contributed by atoms with Crippen molar-refractivity contribution < 1.29 is 38.6 Å². The number of aromatic nitrogens is 1. The van der Waals surface area contributed by atoms with Gasteiger partial charge in [0.2, 0.25) is 11.8 Å². The Bertz CT molecular complexity index is 1410. The molecule has 1 aromatic heterocycles. The van der Waals surface area contributed by atoms with E-state index in [1.165, 1.54) is 22.0 Å². The first-order valence-corrected chi connectivity index (χ1v) is 16.3. The summed E-state index contributed by atoms with van der Waals surface area (Å²) in [5.74, 6) is -3.31. The van der Waals surface area contributed by atoms with Gasteiger partial charge in [-0.3, -0.25) is 19.5 Å². The summed E-state index contributed by atoms with van der Waals surface area (Å²) in [6.45, 7) is 10.1. The number of carbonyl (C=O) groups is 5. The molecule has 1 saturated carbocycles. The molecule has 2 aliphatic heterocycles. The van der Waals surface area contributed by atoms with Crippen molar-refractivity contribution in [2.45, 2.75) is 96.1 Å². The summed E-state index contributed by atoms with van der Waals surface area (Å²) < 4.78 is 11.3. The van der Waals surface area contributed by atoms with Crippen molar-refractivity contribution >= 4 is 30.0 Å². The van der Waals surface area contributed by atoms with Gasteiger partial charge in [0.15, 0.2) is 5.54 Å². The normalized spacial score (nSPS) is 26.1. The van der Waals surface area contributed by atoms with Crippen LogP contribution in [0.15, 0.2) is 43.1 Å². The number of hydrogen-bond donors (Lipinski definition) is 3. The maximum absolute atomic E-state index is 14.4. The number of ether oxygens (including phenoxy) is 2. The lowest BCUT2D eigenvalue weighted by Crippen LogP contribution is -2.64. The van der Waals surface area contributed by atoms with Crippen LogP contribution in [0.3, 0.4) is 0 Å². The van der Waals surface area contributed by atoms with E-state index in [1.54, 1.807) is 18.3 Å². The van der Waals surface area contributed by atoms with Crippen LogP contribution in [-0.2, 0) is 36.9 Å². The van der Waals surface area contributed by atoms with Crippen LogP contribution < -0.4 is 10.6 Å². The highest BCUT2D eigenvalue weighted by Crippen LogP contribution is 2.34. The third-order valence-electron chi connectivity index (χ3n) is 9.39. The number of hydrogen-bond acceptors (Lipinski definition) is 8. The molecule has 1 saturated heterocycles. The number of nitrogens with one attached hydrogen (secondary N) is 2. The van der Waals surface area contributed by atoms with Crippen molar-refractivity contribution in [3.8, 4) is 0 Å². The van der Waals surface area contributed by atoms with E-state index >= 15 is 0 Å². The molecule has 0 unspecified atom stereocenters. The number of rotatable bonds is 9.